The third kappa shape index (κ3) is 2.63. The Morgan fingerprint density at radius 2 is 1.78 bits per heavy atom. The highest BCUT2D eigenvalue weighted by Crippen LogP contribution is 2.49. The zero-order valence-electron chi connectivity index (χ0n) is 10.2. The third-order valence-corrected chi connectivity index (χ3v) is 4.06. The second-order valence-corrected chi connectivity index (χ2v) is 5.48. The van der Waals surface area contributed by atoms with Gasteiger partial charge in [0.1, 0.15) is 5.54 Å². The van der Waals surface area contributed by atoms with Crippen LogP contribution >= 0.6 is 0 Å². The Morgan fingerprint density at radius 3 is 2.33 bits per heavy atom. The summed E-state index contributed by atoms with van der Waals surface area (Å²) in [5, 5.41) is 2.19. The molecule has 2 aliphatic rings. The summed E-state index contributed by atoms with van der Waals surface area (Å²) < 4.78 is 38.3. The number of carbonyl (C=O) groups excluding carboxylic acids is 1. The fraction of sp³-hybridized carbons (Fsp3) is 0.917. The number of rotatable bonds is 2. The maximum Gasteiger partial charge on any atom is 0.411 e. The fourth-order valence-corrected chi connectivity index (χ4v) is 2.59. The van der Waals surface area contributed by atoms with Crippen molar-refractivity contribution in [3.05, 3.63) is 0 Å². The van der Waals surface area contributed by atoms with Crippen LogP contribution in [-0.2, 0) is 4.79 Å². The minimum Gasteiger partial charge on any atom is -0.342 e. The SMILES string of the molecule is NC1CCCCCC1C(=O)NC1(C(F)(F)F)CC1. The molecule has 0 aromatic carbocycles. The average Bonchev–Trinajstić information content (AvgIpc) is 3.02. The molecule has 104 valence electrons. The Hall–Kier alpha value is -0.780. The van der Waals surface area contributed by atoms with Gasteiger partial charge in [0.15, 0.2) is 0 Å². The van der Waals surface area contributed by atoms with Crippen molar-refractivity contribution in [2.24, 2.45) is 11.7 Å². The topological polar surface area (TPSA) is 55.1 Å². The lowest BCUT2D eigenvalue weighted by Crippen LogP contribution is -2.52. The second-order valence-electron chi connectivity index (χ2n) is 5.48. The number of hydrogen-bond donors (Lipinski definition) is 2. The van der Waals surface area contributed by atoms with E-state index >= 15 is 0 Å². The van der Waals surface area contributed by atoms with Gasteiger partial charge in [-0.05, 0) is 25.7 Å². The third-order valence-electron chi connectivity index (χ3n) is 4.06. The molecule has 2 rings (SSSR count). The first-order valence-electron chi connectivity index (χ1n) is 6.50. The first kappa shape index (κ1) is 13.6. The highest BCUT2D eigenvalue weighted by atomic mass is 19.4. The summed E-state index contributed by atoms with van der Waals surface area (Å²) in [6.07, 6.45) is -0.230. The molecule has 6 heteroatoms. The Kier molecular flexibility index (Phi) is 3.58. The zero-order chi connectivity index (χ0) is 13.4. The first-order valence-corrected chi connectivity index (χ1v) is 6.50. The lowest BCUT2D eigenvalue weighted by molar-refractivity contribution is -0.171. The van der Waals surface area contributed by atoms with Gasteiger partial charge in [-0.3, -0.25) is 4.79 Å². The van der Waals surface area contributed by atoms with Crippen molar-refractivity contribution >= 4 is 5.91 Å². The average molecular weight is 264 g/mol. The van der Waals surface area contributed by atoms with E-state index in [1.165, 1.54) is 0 Å². The lowest BCUT2D eigenvalue weighted by atomic mass is 9.94. The van der Waals surface area contributed by atoms with Gasteiger partial charge in [-0.1, -0.05) is 19.3 Å². The monoisotopic (exact) mass is 264 g/mol. The molecule has 2 saturated carbocycles. The van der Waals surface area contributed by atoms with Gasteiger partial charge < -0.3 is 11.1 Å². The standard InChI is InChI=1S/C12H19F3N2O/c13-12(14,15)11(6-7-11)17-10(18)8-4-2-1-3-5-9(8)16/h8-9H,1-7,16H2,(H,17,18). The van der Waals surface area contributed by atoms with Crippen LogP contribution in [0.1, 0.15) is 44.9 Å². The number of amides is 1. The summed E-state index contributed by atoms with van der Waals surface area (Å²) in [6.45, 7) is 0. The number of nitrogens with one attached hydrogen (secondary N) is 1. The van der Waals surface area contributed by atoms with E-state index in [4.69, 9.17) is 5.73 Å². The van der Waals surface area contributed by atoms with Crippen LogP contribution in [0.25, 0.3) is 0 Å². The molecule has 0 heterocycles. The quantitative estimate of drug-likeness (QED) is 0.750. The Labute approximate surface area is 104 Å². The van der Waals surface area contributed by atoms with E-state index in [2.05, 4.69) is 5.32 Å². The van der Waals surface area contributed by atoms with Crippen LogP contribution < -0.4 is 11.1 Å². The van der Waals surface area contributed by atoms with Gasteiger partial charge >= 0.3 is 6.18 Å². The van der Waals surface area contributed by atoms with Crippen LogP contribution in [0.3, 0.4) is 0 Å². The van der Waals surface area contributed by atoms with Gasteiger partial charge in [-0.25, -0.2) is 0 Å². The van der Waals surface area contributed by atoms with Crippen molar-refractivity contribution in [1.82, 2.24) is 5.32 Å². The van der Waals surface area contributed by atoms with Gasteiger partial charge in [-0.15, -0.1) is 0 Å². The van der Waals surface area contributed by atoms with Gasteiger partial charge in [-0.2, -0.15) is 13.2 Å². The molecule has 3 N–H and O–H groups in total. The maximum absolute atomic E-state index is 12.8. The summed E-state index contributed by atoms with van der Waals surface area (Å²) >= 11 is 0. The van der Waals surface area contributed by atoms with E-state index in [0.717, 1.165) is 25.7 Å². The number of alkyl halides is 3. The molecule has 0 spiro atoms. The molecule has 0 saturated heterocycles. The summed E-state index contributed by atoms with van der Waals surface area (Å²) in [5.74, 6) is -0.980. The smallest absolute Gasteiger partial charge is 0.342 e. The molecule has 3 nitrogen and oxygen atoms in total. The molecule has 2 aliphatic carbocycles. The molecule has 1 amide bonds. The molecule has 2 atom stereocenters. The fourth-order valence-electron chi connectivity index (χ4n) is 2.59. The molecule has 0 aromatic heterocycles. The van der Waals surface area contributed by atoms with Crippen molar-refractivity contribution in [3.8, 4) is 0 Å². The predicted octanol–water partition coefficient (Wildman–Crippen LogP) is 2.11. The zero-order valence-corrected chi connectivity index (χ0v) is 10.2. The van der Waals surface area contributed by atoms with Gasteiger partial charge in [0.05, 0.1) is 5.92 Å². The lowest BCUT2D eigenvalue weighted by Gasteiger charge is -2.26. The number of carbonyl (C=O) groups is 1. The molecular formula is C12H19F3N2O. The van der Waals surface area contributed by atoms with Crippen molar-refractivity contribution in [2.75, 3.05) is 0 Å². The van der Waals surface area contributed by atoms with Crippen molar-refractivity contribution < 1.29 is 18.0 Å². The summed E-state index contributed by atoms with van der Waals surface area (Å²) in [7, 11) is 0. The largest absolute Gasteiger partial charge is 0.411 e. The molecule has 0 radical (unpaired) electrons. The Balaban J connectivity index is 1.99. The Morgan fingerprint density at radius 1 is 1.17 bits per heavy atom. The minimum atomic E-state index is -4.35. The van der Waals surface area contributed by atoms with Crippen LogP contribution in [0.4, 0.5) is 13.2 Å². The number of halogens is 3. The number of hydrogen-bond acceptors (Lipinski definition) is 2. The van der Waals surface area contributed by atoms with Crippen molar-refractivity contribution in [1.29, 1.82) is 0 Å². The van der Waals surface area contributed by atoms with Crippen LogP contribution in [0, 0.1) is 5.92 Å². The summed E-state index contributed by atoms with van der Waals surface area (Å²) in [6, 6.07) is -0.309. The van der Waals surface area contributed by atoms with Crippen LogP contribution in [0.15, 0.2) is 0 Å². The van der Waals surface area contributed by atoms with Crippen LogP contribution in [0.5, 0.6) is 0 Å². The molecule has 0 aliphatic heterocycles. The van der Waals surface area contributed by atoms with E-state index < -0.39 is 23.5 Å². The number of nitrogens with two attached hydrogens (primary N) is 1. The van der Waals surface area contributed by atoms with E-state index in [0.29, 0.717) is 6.42 Å². The first-order chi connectivity index (χ1) is 8.36. The van der Waals surface area contributed by atoms with E-state index in [9.17, 15) is 18.0 Å². The van der Waals surface area contributed by atoms with E-state index in [-0.39, 0.29) is 18.9 Å². The maximum atomic E-state index is 12.8. The highest BCUT2D eigenvalue weighted by Gasteiger charge is 2.64. The normalized spacial score (nSPS) is 31.6. The van der Waals surface area contributed by atoms with E-state index in [1.54, 1.807) is 0 Å². The molecular weight excluding hydrogens is 245 g/mol. The molecule has 2 unspecified atom stereocenters. The minimum absolute atomic E-state index is 0.00972. The second kappa shape index (κ2) is 4.72. The Bertz CT molecular complexity index is 326. The van der Waals surface area contributed by atoms with E-state index in [1.807, 2.05) is 0 Å². The van der Waals surface area contributed by atoms with Crippen LogP contribution in [-0.4, -0.2) is 23.7 Å². The van der Waals surface area contributed by atoms with Gasteiger partial charge in [0.25, 0.3) is 0 Å². The highest BCUT2D eigenvalue weighted by molar-refractivity contribution is 5.80. The van der Waals surface area contributed by atoms with Gasteiger partial charge in [0, 0.05) is 6.04 Å². The summed E-state index contributed by atoms with van der Waals surface area (Å²) in [4.78, 5) is 12.0. The molecule has 18 heavy (non-hydrogen) atoms. The summed E-state index contributed by atoms with van der Waals surface area (Å²) in [5.41, 5.74) is 3.92. The van der Waals surface area contributed by atoms with Crippen LogP contribution in [0.2, 0.25) is 0 Å². The van der Waals surface area contributed by atoms with Crippen molar-refractivity contribution in [3.63, 3.8) is 0 Å². The molecule has 0 aromatic rings. The molecule has 0 bridgehead atoms. The van der Waals surface area contributed by atoms with Crippen molar-refractivity contribution in [2.45, 2.75) is 62.7 Å². The molecule has 2 fully saturated rings. The predicted molar refractivity (Wildman–Crippen MR) is 60.7 cm³/mol. The van der Waals surface area contributed by atoms with Gasteiger partial charge in [0.2, 0.25) is 5.91 Å².